The molecule has 7 nitrogen and oxygen atoms in total. The van der Waals surface area contributed by atoms with E-state index in [-0.39, 0.29) is 19.2 Å². The quantitative estimate of drug-likeness (QED) is 0.550. The van der Waals surface area contributed by atoms with Crippen LogP contribution in [0.3, 0.4) is 0 Å². The molecule has 0 radical (unpaired) electrons. The standard InChI is InChI=1S/C10H20N2O5/c1-12(5-3-6-16-2)10(15)11-4-7-17-8-9(13)14/h3-8H2,1-2H3,(H,11,15)(H,13,14). The molecule has 0 aliphatic carbocycles. The summed E-state index contributed by atoms with van der Waals surface area (Å²) >= 11 is 0. The summed E-state index contributed by atoms with van der Waals surface area (Å²) in [6.45, 7) is 1.35. The third-order valence-corrected chi connectivity index (χ3v) is 1.94. The van der Waals surface area contributed by atoms with Crippen molar-refractivity contribution in [3.63, 3.8) is 0 Å². The Kier molecular flexibility index (Phi) is 9.08. The molecule has 0 spiro atoms. The van der Waals surface area contributed by atoms with Gasteiger partial charge in [0.05, 0.1) is 6.61 Å². The maximum absolute atomic E-state index is 11.4. The van der Waals surface area contributed by atoms with Gasteiger partial charge in [0.15, 0.2) is 0 Å². The number of nitrogens with one attached hydrogen (secondary N) is 1. The van der Waals surface area contributed by atoms with Crippen molar-refractivity contribution in [2.45, 2.75) is 6.42 Å². The first-order chi connectivity index (χ1) is 8.07. The van der Waals surface area contributed by atoms with Crippen LogP contribution in [-0.2, 0) is 14.3 Å². The molecule has 0 aromatic heterocycles. The molecule has 0 bridgehead atoms. The molecule has 17 heavy (non-hydrogen) atoms. The van der Waals surface area contributed by atoms with Crippen LogP contribution in [0.25, 0.3) is 0 Å². The lowest BCUT2D eigenvalue weighted by molar-refractivity contribution is -0.142. The summed E-state index contributed by atoms with van der Waals surface area (Å²) in [7, 11) is 3.29. The molecule has 0 rings (SSSR count). The van der Waals surface area contributed by atoms with E-state index in [1.807, 2.05) is 0 Å². The normalized spacial score (nSPS) is 10.0. The number of hydrogen-bond donors (Lipinski definition) is 2. The first kappa shape index (κ1) is 15.7. The molecule has 0 aromatic rings. The second kappa shape index (κ2) is 9.86. The number of carboxylic acid groups (broad SMARTS) is 1. The van der Waals surface area contributed by atoms with Crippen LogP contribution in [0.1, 0.15) is 6.42 Å². The van der Waals surface area contributed by atoms with Crippen molar-refractivity contribution in [3.8, 4) is 0 Å². The summed E-state index contributed by atoms with van der Waals surface area (Å²) in [4.78, 5) is 23.1. The van der Waals surface area contributed by atoms with Gasteiger partial charge in [-0.25, -0.2) is 9.59 Å². The van der Waals surface area contributed by atoms with Gasteiger partial charge in [-0.1, -0.05) is 0 Å². The van der Waals surface area contributed by atoms with Crippen LogP contribution in [-0.4, -0.2) is 69.1 Å². The van der Waals surface area contributed by atoms with Gasteiger partial charge in [0, 0.05) is 33.9 Å². The van der Waals surface area contributed by atoms with Gasteiger partial charge in [0.2, 0.25) is 0 Å². The van der Waals surface area contributed by atoms with Gasteiger partial charge in [-0.2, -0.15) is 0 Å². The van der Waals surface area contributed by atoms with E-state index in [0.717, 1.165) is 6.42 Å². The summed E-state index contributed by atoms with van der Waals surface area (Å²) in [6, 6.07) is -0.208. The van der Waals surface area contributed by atoms with Gasteiger partial charge in [0.1, 0.15) is 6.61 Å². The topological polar surface area (TPSA) is 88.1 Å². The Bertz CT molecular complexity index is 235. The van der Waals surface area contributed by atoms with Crippen molar-refractivity contribution in [3.05, 3.63) is 0 Å². The number of hydrogen-bond acceptors (Lipinski definition) is 4. The Balaban J connectivity index is 3.47. The number of carbonyl (C=O) groups excluding carboxylic acids is 1. The van der Waals surface area contributed by atoms with Crippen LogP contribution in [0.4, 0.5) is 4.79 Å². The molecule has 2 N–H and O–H groups in total. The Morgan fingerprint density at radius 2 is 2.06 bits per heavy atom. The van der Waals surface area contributed by atoms with Crippen LogP contribution in [0.15, 0.2) is 0 Å². The van der Waals surface area contributed by atoms with Crippen LogP contribution in [0.5, 0.6) is 0 Å². The maximum atomic E-state index is 11.4. The van der Waals surface area contributed by atoms with E-state index >= 15 is 0 Å². The highest BCUT2D eigenvalue weighted by Gasteiger charge is 2.06. The fraction of sp³-hybridized carbons (Fsp3) is 0.800. The second-order valence-corrected chi connectivity index (χ2v) is 3.45. The highest BCUT2D eigenvalue weighted by molar-refractivity contribution is 5.73. The lowest BCUT2D eigenvalue weighted by atomic mass is 10.4. The lowest BCUT2D eigenvalue weighted by Gasteiger charge is -2.17. The van der Waals surface area contributed by atoms with E-state index in [2.05, 4.69) is 5.32 Å². The smallest absolute Gasteiger partial charge is 0.329 e. The average molecular weight is 248 g/mol. The van der Waals surface area contributed by atoms with Gasteiger partial charge in [-0.15, -0.1) is 0 Å². The number of carboxylic acids is 1. The third kappa shape index (κ3) is 9.58. The third-order valence-electron chi connectivity index (χ3n) is 1.94. The average Bonchev–Trinajstić information content (AvgIpc) is 2.28. The predicted molar refractivity (Wildman–Crippen MR) is 61.0 cm³/mol. The Morgan fingerprint density at radius 3 is 2.65 bits per heavy atom. The molecule has 0 heterocycles. The monoisotopic (exact) mass is 248 g/mol. The largest absolute Gasteiger partial charge is 0.480 e. The number of amides is 2. The highest BCUT2D eigenvalue weighted by atomic mass is 16.5. The minimum absolute atomic E-state index is 0.184. The maximum Gasteiger partial charge on any atom is 0.329 e. The SMILES string of the molecule is COCCCN(C)C(=O)NCCOCC(=O)O. The summed E-state index contributed by atoms with van der Waals surface area (Å²) in [5, 5.41) is 10.9. The number of urea groups is 1. The van der Waals surface area contributed by atoms with E-state index in [4.69, 9.17) is 14.6 Å². The van der Waals surface area contributed by atoms with Crippen LogP contribution < -0.4 is 5.32 Å². The molecule has 0 unspecified atom stereocenters. The van der Waals surface area contributed by atoms with Crippen LogP contribution >= 0.6 is 0 Å². The summed E-state index contributed by atoms with van der Waals surface area (Å²) in [5.41, 5.74) is 0. The fourth-order valence-corrected chi connectivity index (χ4v) is 1.07. The summed E-state index contributed by atoms with van der Waals surface area (Å²) in [5.74, 6) is -1.02. The summed E-state index contributed by atoms with van der Waals surface area (Å²) < 4.78 is 9.64. The van der Waals surface area contributed by atoms with Gasteiger partial charge in [-0.3, -0.25) is 0 Å². The zero-order chi connectivity index (χ0) is 13.1. The first-order valence-corrected chi connectivity index (χ1v) is 5.35. The van der Waals surface area contributed by atoms with E-state index in [9.17, 15) is 9.59 Å². The number of ether oxygens (including phenoxy) is 2. The van der Waals surface area contributed by atoms with Gasteiger partial charge in [0.25, 0.3) is 0 Å². The predicted octanol–water partition coefficient (Wildman–Crippen LogP) is -0.234. The zero-order valence-corrected chi connectivity index (χ0v) is 10.3. The molecule has 0 aliphatic rings. The number of aliphatic carboxylic acids is 1. The molecular formula is C10H20N2O5. The molecule has 0 atom stereocenters. The first-order valence-electron chi connectivity index (χ1n) is 5.35. The van der Waals surface area contributed by atoms with Crippen molar-refractivity contribution < 1.29 is 24.2 Å². The molecule has 0 aliphatic heterocycles. The molecule has 0 saturated carbocycles. The molecule has 0 fully saturated rings. The zero-order valence-electron chi connectivity index (χ0n) is 10.3. The molecule has 0 saturated heterocycles. The van der Waals surface area contributed by atoms with E-state index in [1.54, 1.807) is 14.2 Å². The minimum Gasteiger partial charge on any atom is -0.480 e. The van der Waals surface area contributed by atoms with E-state index < -0.39 is 5.97 Å². The van der Waals surface area contributed by atoms with E-state index in [0.29, 0.717) is 19.7 Å². The Morgan fingerprint density at radius 1 is 1.35 bits per heavy atom. The van der Waals surface area contributed by atoms with Crippen molar-refractivity contribution in [2.75, 3.05) is 47.1 Å². The molecule has 100 valence electrons. The van der Waals surface area contributed by atoms with Gasteiger partial charge >= 0.3 is 12.0 Å². The number of methoxy groups -OCH3 is 1. The van der Waals surface area contributed by atoms with Crippen molar-refractivity contribution in [1.82, 2.24) is 10.2 Å². The molecular weight excluding hydrogens is 228 g/mol. The number of rotatable bonds is 9. The molecule has 0 aromatic carbocycles. The van der Waals surface area contributed by atoms with Crippen molar-refractivity contribution >= 4 is 12.0 Å². The molecule has 7 heteroatoms. The van der Waals surface area contributed by atoms with Gasteiger partial charge < -0.3 is 24.8 Å². The Labute approximate surface area is 101 Å². The van der Waals surface area contributed by atoms with Crippen LogP contribution in [0, 0.1) is 0 Å². The van der Waals surface area contributed by atoms with Gasteiger partial charge in [-0.05, 0) is 6.42 Å². The van der Waals surface area contributed by atoms with Crippen LogP contribution in [0.2, 0.25) is 0 Å². The lowest BCUT2D eigenvalue weighted by Crippen LogP contribution is -2.39. The van der Waals surface area contributed by atoms with E-state index in [1.165, 1.54) is 4.90 Å². The number of nitrogens with zero attached hydrogens (tertiary/aromatic N) is 1. The molecule has 2 amide bonds. The fourth-order valence-electron chi connectivity index (χ4n) is 1.07. The summed E-state index contributed by atoms with van der Waals surface area (Å²) in [6.07, 6.45) is 0.774. The second-order valence-electron chi connectivity index (χ2n) is 3.45. The Hall–Kier alpha value is -1.34. The van der Waals surface area contributed by atoms with Crippen molar-refractivity contribution in [2.24, 2.45) is 0 Å². The minimum atomic E-state index is -1.02. The highest BCUT2D eigenvalue weighted by Crippen LogP contribution is 1.89. The number of carbonyl (C=O) groups is 2. The van der Waals surface area contributed by atoms with Crippen molar-refractivity contribution in [1.29, 1.82) is 0 Å².